The lowest BCUT2D eigenvalue weighted by atomic mass is 9.96. The van der Waals surface area contributed by atoms with Crippen molar-refractivity contribution in [3.63, 3.8) is 0 Å². The molecule has 0 saturated carbocycles. The number of carboxylic acid groups (broad SMARTS) is 1. The number of nitrogens with one attached hydrogen (secondary N) is 1. The van der Waals surface area contributed by atoms with Crippen LogP contribution in [0.5, 0.6) is 0 Å². The smallest absolute Gasteiger partial charge is 0.408 e. The largest absolute Gasteiger partial charge is 0.481 e. The molecule has 1 aliphatic rings. The van der Waals surface area contributed by atoms with Crippen molar-refractivity contribution in [2.75, 3.05) is 4.90 Å². The molecule has 158 valence electrons. The van der Waals surface area contributed by atoms with Crippen LogP contribution < -0.4 is 10.2 Å². The van der Waals surface area contributed by atoms with Crippen LogP contribution in [0, 0.1) is 5.92 Å². The lowest BCUT2D eigenvalue weighted by Crippen LogP contribution is -2.53. The summed E-state index contributed by atoms with van der Waals surface area (Å²) in [4.78, 5) is 39.1. The van der Waals surface area contributed by atoms with Crippen molar-refractivity contribution in [3.8, 4) is 0 Å². The molecule has 30 heavy (non-hydrogen) atoms. The van der Waals surface area contributed by atoms with Crippen molar-refractivity contribution in [2.24, 2.45) is 5.92 Å². The second kappa shape index (κ2) is 8.98. The number of amides is 2. The second-order valence-electron chi connectivity index (χ2n) is 7.75. The number of aliphatic carboxylic acids is 1. The van der Waals surface area contributed by atoms with Crippen molar-refractivity contribution in [1.82, 2.24) is 5.32 Å². The molecule has 0 bridgehead atoms. The molecule has 2 aromatic carbocycles. The third kappa shape index (κ3) is 4.30. The molecule has 0 aromatic heterocycles. The quantitative estimate of drug-likeness (QED) is 0.759. The minimum absolute atomic E-state index is 0.0930. The van der Waals surface area contributed by atoms with Gasteiger partial charge in [0.15, 0.2) is 0 Å². The molecule has 3 atom stereocenters. The van der Waals surface area contributed by atoms with Crippen LogP contribution >= 0.6 is 0 Å². The van der Waals surface area contributed by atoms with Crippen LogP contribution in [0.15, 0.2) is 54.6 Å². The van der Waals surface area contributed by atoms with Crippen molar-refractivity contribution >= 4 is 23.7 Å². The van der Waals surface area contributed by atoms with Crippen LogP contribution in [0.4, 0.5) is 10.5 Å². The van der Waals surface area contributed by atoms with Gasteiger partial charge in [-0.05, 0) is 30.0 Å². The predicted molar refractivity (Wildman–Crippen MR) is 112 cm³/mol. The molecule has 0 spiro atoms. The molecule has 0 fully saturated rings. The average molecular weight is 410 g/mol. The van der Waals surface area contributed by atoms with Crippen molar-refractivity contribution in [3.05, 3.63) is 65.7 Å². The molecule has 2 aromatic rings. The van der Waals surface area contributed by atoms with Gasteiger partial charge in [-0.1, -0.05) is 62.4 Å². The Kier molecular flexibility index (Phi) is 6.40. The number of ether oxygens (including phenoxy) is 1. The summed E-state index contributed by atoms with van der Waals surface area (Å²) in [7, 11) is 0. The summed E-state index contributed by atoms with van der Waals surface area (Å²) in [5.74, 6) is -2.38. The highest BCUT2D eigenvalue weighted by Gasteiger charge is 2.45. The Labute approximate surface area is 175 Å². The van der Waals surface area contributed by atoms with E-state index in [0.29, 0.717) is 11.3 Å². The number of rotatable bonds is 6. The van der Waals surface area contributed by atoms with Crippen LogP contribution in [-0.4, -0.2) is 35.2 Å². The van der Waals surface area contributed by atoms with Gasteiger partial charge in [-0.3, -0.25) is 9.59 Å². The Balaban J connectivity index is 1.77. The zero-order valence-corrected chi connectivity index (χ0v) is 17.2. The van der Waals surface area contributed by atoms with Crippen LogP contribution in [0.1, 0.15) is 37.8 Å². The number of anilines is 1. The lowest BCUT2D eigenvalue weighted by Gasteiger charge is -2.30. The van der Waals surface area contributed by atoms with E-state index in [4.69, 9.17) is 4.74 Å². The summed E-state index contributed by atoms with van der Waals surface area (Å²) < 4.78 is 5.26. The molecular formula is C23H26N2O5. The van der Waals surface area contributed by atoms with Gasteiger partial charge in [0, 0.05) is 5.69 Å². The highest BCUT2D eigenvalue weighted by atomic mass is 16.5. The SMILES string of the molecule is CC(C)[C@H](NC(=O)OCc1ccccc1)C(=O)N1c2ccccc2C(C(=O)O)C1C. The van der Waals surface area contributed by atoms with Crippen LogP contribution in [0.2, 0.25) is 0 Å². The number of hydrogen-bond donors (Lipinski definition) is 2. The Bertz CT molecular complexity index is 928. The van der Waals surface area contributed by atoms with E-state index in [2.05, 4.69) is 5.32 Å². The zero-order chi connectivity index (χ0) is 21.8. The summed E-state index contributed by atoms with van der Waals surface area (Å²) in [6.45, 7) is 5.44. The van der Waals surface area contributed by atoms with Gasteiger partial charge in [0.25, 0.3) is 0 Å². The van der Waals surface area contributed by atoms with E-state index in [1.54, 1.807) is 31.2 Å². The molecule has 0 aliphatic carbocycles. The number of alkyl carbamates (subject to hydrolysis) is 1. The molecule has 0 radical (unpaired) electrons. The highest BCUT2D eigenvalue weighted by Crippen LogP contribution is 2.41. The number of hydrogen-bond acceptors (Lipinski definition) is 4. The van der Waals surface area contributed by atoms with Crippen LogP contribution in [0.25, 0.3) is 0 Å². The van der Waals surface area contributed by atoms with Crippen molar-refractivity contribution < 1.29 is 24.2 Å². The summed E-state index contributed by atoms with van der Waals surface area (Å²) in [5, 5.41) is 12.3. The maximum Gasteiger partial charge on any atom is 0.408 e. The molecule has 1 aliphatic heterocycles. The first-order valence-electron chi connectivity index (χ1n) is 9.93. The first-order chi connectivity index (χ1) is 14.3. The van der Waals surface area contributed by atoms with E-state index in [1.807, 2.05) is 44.2 Å². The van der Waals surface area contributed by atoms with E-state index >= 15 is 0 Å². The van der Waals surface area contributed by atoms with Crippen molar-refractivity contribution in [1.29, 1.82) is 0 Å². The Morgan fingerprint density at radius 3 is 2.33 bits per heavy atom. The fraction of sp³-hybridized carbons (Fsp3) is 0.348. The fourth-order valence-corrected chi connectivity index (χ4v) is 3.81. The molecular weight excluding hydrogens is 384 g/mol. The predicted octanol–water partition coefficient (Wildman–Crippen LogP) is 3.54. The summed E-state index contributed by atoms with van der Waals surface area (Å²) in [5.41, 5.74) is 2.00. The first-order valence-corrected chi connectivity index (χ1v) is 9.93. The number of carboxylic acids is 1. The van der Waals surface area contributed by atoms with E-state index in [1.165, 1.54) is 4.90 Å². The van der Waals surface area contributed by atoms with Gasteiger partial charge in [0.2, 0.25) is 5.91 Å². The van der Waals surface area contributed by atoms with Gasteiger partial charge in [0.05, 0.1) is 6.04 Å². The molecule has 0 saturated heterocycles. The number of benzene rings is 2. The molecule has 2 unspecified atom stereocenters. The number of fused-ring (bicyclic) bond motifs is 1. The third-order valence-electron chi connectivity index (χ3n) is 5.34. The average Bonchev–Trinajstić information content (AvgIpc) is 3.02. The van der Waals surface area contributed by atoms with E-state index in [0.717, 1.165) is 5.56 Å². The zero-order valence-electron chi connectivity index (χ0n) is 17.2. The topological polar surface area (TPSA) is 95.9 Å². The minimum Gasteiger partial charge on any atom is -0.481 e. The molecule has 1 heterocycles. The number of para-hydroxylation sites is 1. The summed E-state index contributed by atoms with van der Waals surface area (Å²) in [6, 6.07) is 14.8. The van der Waals surface area contributed by atoms with Gasteiger partial charge in [-0.2, -0.15) is 0 Å². The molecule has 7 heteroatoms. The van der Waals surface area contributed by atoms with E-state index < -0.39 is 30.1 Å². The second-order valence-corrected chi connectivity index (χ2v) is 7.75. The minimum atomic E-state index is -0.985. The lowest BCUT2D eigenvalue weighted by molar-refractivity contribution is -0.139. The monoisotopic (exact) mass is 410 g/mol. The number of carbonyl (C=O) groups excluding carboxylic acids is 2. The number of nitrogens with zero attached hydrogens (tertiary/aromatic N) is 1. The summed E-state index contributed by atoms with van der Waals surface area (Å²) in [6.07, 6.45) is -0.694. The third-order valence-corrected chi connectivity index (χ3v) is 5.34. The van der Waals surface area contributed by atoms with Crippen molar-refractivity contribution in [2.45, 2.75) is 45.4 Å². The van der Waals surface area contributed by atoms with E-state index in [9.17, 15) is 19.5 Å². The highest BCUT2D eigenvalue weighted by molar-refractivity contribution is 6.03. The maximum absolute atomic E-state index is 13.4. The molecule has 3 rings (SSSR count). The summed E-state index contributed by atoms with van der Waals surface area (Å²) >= 11 is 0. The van der Waals surface area contributed by atoms with Crippen LogP contribution in [0.3, 0.4) is 0 Å². The van der Waals surface area contributed by atoms with Gasteiger partial charge in [0.1, 0.15) is 18.6 Å². The van der Waals surface area contributed by atoms with Gasteiger partial charge >= 0.3 is 12.1 Å². The van der Waals surface area contributed by atoms with Gasteiger partial charge < -0.3 is 20.1 Å². The first kappa shape index (κ1) is 21.4. The maximum atomic E-state index is 13.4. The number of carbonyl (C=O) groups is 3. The molecule has 2 amide bonds. The van der Waals surface area contributed by atoms with E-state index in [-0.39, 0.29) is 18.4 Å². The normalized spacial score (nSPS) is 18.6. The standard InChI is InChI=1S/C23H26N2O5/c1-14(2)20(24-23(29)30-13-16-9-5-4-6-10-16)21(26)25-15(3)19(22(27)28)17-11-7-8-12-18(17)25/h4-12,14-15,19-20H,13H2,1-3H3,(H,24,29)(H,27,28)/t15?,19?,20-/m0/s1. The van der Waals surface area contributed by atoms with Gasteiger partial charge in [-0.15, -0.1) is 0 Å². The Morgan fingerprint density at radius 1 is 1.07 bits per heavy atom. The Morgan fingerprint density at radius 2 is 1.70 bits per heavy atom. The molecule has 2 N–H and O–H groups in total. The molecule has 7 nitrogen and oxygen atoms in total. The van der Waals surface area contributed by atoms with Crippen LogP contribution in [-0.2, 0) is 20.9 Å². The van der Waals surface area contributed by atoms with Gasteiger partial charge in [-0.25, -0.2) is 4.79 Å². The fourth-order valence-electron chi connectivity index (χ4n) is 3.81. The Hall–Kier alpha value is -3.35.